The normalized spacial score (nSPS) is 12.1. The van der Waals surface area contributed by atoms with Crippen molar-refractivity contribution in [1.29, 1.82) is 0 Å². The molecule has 0 amide bonds. The zero-order valence-corrected chi connectivity index (χ0v) is 23.2. The number of aromatic hydroxyl groups is 1. The summed E-state index contributed by atoms with van der Waals surface area (Å²) >= 11 is 6.22. The molecule has 1 aromatic heterocycles. The van der Waals surface area contributed by atoms with E-state index in [4.69, 9.17) is 22.3 Å². The second-order valence-electron chi connectivity index (χ2n) is 10.4. The van der Waals surface area contributed by atoms with E-state index < -0.39 is 5.54 Å². The highest BCUT2D eigenvalue weighted by atomic mass is 35.5. The standard InChI is InChI=1S/C36H30ClN3O/c37-29-18-21-31-32(22-29)40-35(41)33(31)34(27-14-8-3-9-15-27)39-30-19-16-28(17-20-30)36(38,23-25-10-4-1-5-11-25)24-26-12-6-2-7-13-26/h1-22,40-41H,23-24,38H2. The molecule has 0 aliphatic heterocycles. The molecule has 0 fully saturated rings. The van der Waals surface area contributed by atoms with Crippen LogP contribution in [0.3, 0.4) is 0 Å². The molecule has 4 N–H and O–H groups in total. The molecule has 0 saturated carbocycles. The Kier molecular flexibility index (Phi) is 7.43. The fraction of sp³-hybridized carbons (Fsp3) is 0.0833. The highest BCUT2D eigenvalue weighted by Crippen LogP contribution is 2.34. The molecule has 0 radical (unpaired) electrons. The van der Waals surface area contributed by atoms with Crippen LogP contribution in [-0.2, 0) is 18.4 Å². The van der Waals surface area contributed by atoms with Crippen LogP contribution < -0.4 is 5.73 Å². The lowest BCUT2D eigenvalue weighted by Gasteiger charge is -2.31. The largest absolute Gasteiger partial charge is 0.494 e. The number of nitrogens with zero attached hydrogens (tertiary/aromatic N) is 1. The van der Waals surface area contributed by atoms with Gasteiger partial charge in [-0.3, -0.25) is 0 Å². The number of nitrogens with one attached hydrogen (secondary N) is 1. The summed E-state index contributed by atoms with van der Waals surface area (Å²) in [5.41, 5.74) is 13.7. The molecule has 4 nitrogen and oxygen atoms in total. The van der Waals surface area contributed by atoms with Gasteiger partial charge in [-0.2, -0.15) is 0 Å². The quantitative estimate of drug-likeness (QED) is 0.165. The summed E-state index contributed by atoms with van der Waals surface area (Å²) < 4.78 is 0. The predicted octanol–water partition coefficient (Wildman–Crippen LogP) is 8.34. The maximum atomic E-state index is 11.0. The predicted molar refractivity (Wildman–Crippen MR) is 169 cm³/mol. The van der Waals surface area contributed by atoms with Gasteiger partial charge in [-0.05, 0) is 53.8 Å². The van der Waals surface area contributed by atoms with Gasteiger partial charge in [-0.1, -0.05) is 121 Å². The van der Waals surface area contributed by atoms with Crippen LogP contribution in [0.4, 0.5) is 5.69 Å². The van der Waals surface area contributed by atoms with E-state index in [0.29, 0.717) is 29.1 Å². The zero-order valence-electron chi connectivity index (χ0n) is 22.5. The van der Waals surface area contributed by atoms with E-state index in [1.807, 2.05) is 66.7 Å². The van der Waals surface area contributed by atoms with Crippen LogP contribution in [0.1, 0.15) is 27.8 Å². The van der Waals surface area contributed by atoms with E-state index in [2.05, 4.69) is 65.6 Å². The third-order valence-corrected chi connectivity index (χ3v) is 7.67. The van der Waals surface area contributed by atoms with Crippen LogP contribution in [0, 0.1) is 0 Å². The number of aliphatic imine (C=N–C) groups is 1. The summed E-state index contributed by atoms with van der Waals surface area (Å²) in [7, 11) is 0. The molecule has 0 unspecified atom stereocenters. The number of hydrogen-bond acceptors (Lipinski definition) is 3. The molecule has 5 heteroatoms. The summed E-state index contributed by atoms with van der Waals surface area (Å²) in [6.07, 6.45) is 1.40. The maximum Gasteiger partial charge on any atom is 0.199 e. The molecule has 6 rings (SSSR count). The number of benzene rings is 5. The van der Waals surface area contributed by atoms with Gasteiger partial charge in [0.1, 0.15) is 0 Å². The van der Waals surface area contributed by atoms with Crippen LogP contribution in [0.5, 0.6) is 5.88 Å². The molecule has 41 heavy (non-hydrogen) atoms. The van der Waals surface area contributed by atoms with Crippen LogP contribution in [0.25, 0.3) is 10.9 Å². The van der Waals surface area contributed by atoms with Gasteiger partial charge in [-0.25, -0.2) is 4.99 Å². The summed E-state index contributed by atoms with van der Waals surface area (Å²) in [6.45, 7) is 0. The van der Waals surface area contributed by atoms with Gasteiger partial charge in [0, 0.05) is 21.5 Å². The first-order valence-corrected chi connectivity index (χ1v) is 14.0. The smallest absolute Gasteiger partial charge is 0.199 e. The van der Waals surface area contributed by atoms with Crippen LogP contribution in [-0.4, -0.2) is 15.8 Å². The summed E-state index contributed by atoms with van der Waals surface area (Å²) in [6, 6.07) is 44.3. The topological polar surface area (TPSA) is 74.4 Å². The Balaban J connectivity index is 1.41. The van der Waals surface area contributed by atoms with Crippen LogP contribution in [0.2, 0.25) is 5.02 Å². The first-order valence-electron chi connectivity index (χ1n) is 13.6. The minimum absolute atomic E-state index is 0.0492. The van der Waals surface area contributed by atoms with E-state index in [9.17, 15) is 5.11 Å². The third-order valence-electron chi connectivity index (χ3n) is 7.43. The fourth-order valence-electron chi connectivity index (χ4n) is 5.44. The maximum absolute atomic E-state index is 11.0. The van der Waals surface area contributed by atoms with Gasteiger partial charge < -0.3 is 15.8 Å². The van der Waals surface area contributed by atoms with Crippen molar-refractivity contribution in [3.63, 3.8) is 0 Å². The Bertz CT molecular complexity index is 1750. The number of aromatic amines is 1. The second kappa shape index (κ2) is 11.5. The molecular formula is C36H30ClN3O. The van der Waals surface area contributed by atoms with Crippen molar-refractivity contribution < 1.29 is 5.11 Å². The van der Waals surface area contributed by atoms with Gasteiger partial charge in [0.2, 0.25) is 0 Å². The summed E-state index contributed by atoms with van der Waals surface area (Å²) in [4.78, 5) is 8.11. The van der Waals surface area contributed by atoms with Gasteiger partial charge in [0.25, 0.3) is 0 Å². The number of fused-ring (bicyclic) bond motifs is 1. The van der Waals surface area contributed by atoms with E-state index in [-0.39, 0.29) is 5.88 Å². The van der Waals surface area contributed by atoms with E-state index in [1.165, 1.54) is 11.1 Å². The Hall–Kier alpha value is -4.64. The van der Waals surface area contributed by atoms with Gasteiger partial charge in [0.05, 0.1) is 22.5 Å². The minimum atomic E-state index is -0.610. The van der Waals surface area contributed by atoms with Crippen molar-refractivity contribution in [1.82, 2.24) is 4.98 Å². The zero-order chi connectivity index (χ0) is 28.2. The van der Waals surface area contributed by atoms with E-state index in [0.717, 1.165) is 27.7 Å². The van der Waals surface area contributed by atoms with Crippen LogP contribution in [0.15, 0.2) is 138 Å². The monoisotopic (exact) mass is 555 g/mol. The average Bonchev–Trinajstić information content (AvgIpc) is 3.32. The molecule has 202 valence electrons. The summed E-state index contributed by atoms with van der Waals surface area (Å²) in [5.74, 6) is 0.0492. The van der Waals surface area contributed by atoms with Crippen molar-refractivity contribution in [2.24, 2.45) is 10.7 Å². The summed E-state index contributed by atoms with van der Waals surface area (Å²) in [5, 5.41) is 12.4. The molecule has 0 aliphatic carbocycles. The van der Waals surface area contributed by atoms with Crippen molar-refractivity contribution in [2.45, 2.75) is 18.4 Å². The van der Waals surface area contributed by atoms with Crippen LogP contribution >= 0.6 is 11.6 Å². The van der Waals surface area contributed by atoms with Gasteiger partial charge in [-0.15, -0.1) is 0 Å². The highest BCUT2D eigenvalue weighted by molar-refractivity contribution is 6.31. The Morgan fingerprint density at radius 2 is 1.29 bits per heavy atom. The molecule has 5 aromatic carbocycles. The lowest BCUT2D eigenvalue weighted by atomic mass is 9.80. The minimum Gasteiger partial charge on any atom is -0.494 e. The molecule has 0 atom stereocenters. The van der Waals surface area contributed by atoms with Crippen molar-refractivity contribution in [2.75, 3.05) is 0 Å². The number of halogens is 1. The van der Waals surface area contributed by atoms with Crippen molar-refractivity contribution >= 4 is 33.9 Å². The first-order chi connectivity index (χ1) is 20.0. The molecule has 0 saturated heterocycles. The fourth-order valence-corrected chi connectivity index (χ4v) is 5.61. The Morgan fingerprint density at radius 3 is 1.88 bits per heavy atom. The van der Waals surface area contributed by atoms with E-state index in [1.54, 1.807) is 6.07 Å². The van der Waals surface area contributed by atoms with Gasteiger partial charge in [0.15, 0.2) is 5.88 Å². The molecular weight excluding hydrogens is 526 g/mol. The number of hydrogen-bond donors (Lipinski definition) is 3. The molecule has 0 spiro atoms. The SMILES string of the molecule is NC(Cc1ccccc1)(Cc1ccccc1)c1ccc(N=C(c2ccccc2)c2c(O)[nH]c3cc(Cl)ccc23)cc1. The van der Waals surface area contributed by atoms with E-state index >= 15 is 0 Å². The lowest BCUT2D eigenvalue weighted by Crippen LogP contribution is -2.41. The molecule has 0 aliphatic rings. The third kappa shape index (κ3) is 5.80. The first kappa shape index (κ1) is 26.6. The number of rotatable bonds is 8. The van der Waals surface area contributed by atoms with Crippen molar-refractivity contribution in [3.8, 4) is 5.88 Å². The Morgan fingerprint density at radius 1 is 0.732 bits per heavy atom. The number of H-pyrrole nitrogens is 1. The molecule has 0 bridgehead atoms. The highest BCUT2D eigenvalue weighted by Gasteiger charge is 2.28. The lowest BCUT2D eigenvalue weighted by molar-refractivity contribution is 0.438. The Labute approximate surface area is 244 Å². The second-order valence-corrected chi connectivity index (χ2v) is 10.8. The number of nitrogens with two attached hydrogens (primary N) is 1. The van der Waals surface area contributed by atoms with Crippen molar-refractivity contribution in [3.05, 3.63) is 166 Å². The molecule has 6 aromatic rings. The molecule has 1 heterocycles. The van der Waals surface area contributed by atoms with Gasteiger partial charge >= 0.3 is 0 Å². The average molecular weight is 556 g/mol. The number of aromatic nitrogens is 1.